The van der Waals surface area contributed by atoms with Crippen molar-refractivity contribution >= 4 is 33.0 Å². The molecule has 0 radical (unpaired) electrons. The van der Waals surface area contributed by atoms with E-state index < -0.39 is 10.0 Å². The van der Waals surface area contributed by atoms with Crippen molar-refractivity contribution in [2.24, 2.45) is 0 Å². The Morgan fingerprint density at radius 2 is 1.63 bits per heavy atom. The number of nitrogens with one attached hydrogen (secondary N) is 2. The molecule has 0 aliphatic carbocycles. The van der Waals surface area contributed by atoms with Crippen LogP contribution in [0.5, 0.6) is 5.75 Å². The molecule has 6 nitrogen and oxygen atoms in total. The number of sulfonamides is 1. The first-order chi connectivity index (χ1) is 14.2. The Morgan fingerprint density at radius 3 is 2.20 bits per heavy atom. The Balaban J connectivity index is 1.61. The minimum atomic E-state index is -3.61. The molecule has 0 aliphatic rings. The third kappa shape index (κ3) is 5.61. The fraction of sp³-hybridized carbons (Fsp3) is 0.227. The number of benzene rings is 2. The van der Waals surface area contributed by atoms with Gasteiger partial charge in [0.1, 0.15) is 9.96 Å². The zero-order valence-corrected chi connectivity index (χ0v) is 18.6. The molecule has 0 bridgehead atoms. The molecule has 1 atom stereocenters. The molecule has 1 aromatic heterocycles. The van der Waals surface area contributed by atoms with Crippen molar-refractivity contribution in [3.8, 4) is 5.75 Å². The number of rotatable bonds is 8. The molecule has 3 aromatic rings. The fourth-order valence-corrected chi connectivity index (χ4v) is 4.83. The summed E-state index contributed by atoms with van der Waals surface area (Å²) in [5, 5.41) is 4.65. The van der Waals surface area contributed by atoms with Gasteiger partial charge in [0.25, 0.3) is 15.9 Å². The second-order valence-electron chi connectivity index (χ2n) is 7.05. The van der Waals surface area contributed by atoms with Gasteiger partial charge in [-0.1, -0.05) is 18.2 Å². The van der Waals surface area contributed by atoms with Crippen LogP contribution in [0.3, 0.4) is 0 Å². The molecule has 2 N–H and O–H groups in total. The average molecular weight is 445 g/mol. The molecule has 0 saturated heterocycles. The van der Waals surface area contributed by atoms with Crippen molar-refractivity contribution in [3.05, 3.63) is 77.2 Å². The van der Waals surface area contributed by atoms with E-state index >= 15 is 0 Å². The van der Waals surface area contributed by atoms with Crippen LogP contribution in [0.2, 0.25) is 0 Å². The molecule has 158 valence electrons. The van der Waals surface area contributed by atoms with E-state index in [1.54, 1.807) is 35.7 Å². The van der Waals surface area contributed by atoms with Gasteiger partial charge in [0.2, 0.25) is 0 Å². The maximum Gasteiger partial charge on any atom is 0.271 e. The van der Waals surface area contributed by atoms with Gasteiger partial charge >= 0.3 is 0 Å². The summed E-state index contributed by atoms with van der Waals surface area (Å²) in [6.07, 6.45) is 0.103. The van der Waals surface area contributed by atoms with Crippen molar-refractivity contribution in [1.82, 2.24) is 5.32 Å². The Bertz CT molecular complexity index is 1080. The summed E-state index contributed by atoms with van der Waals surface area (Å²) in [6.45, 7) is 5.84. The largest absolute Gasteiger partial charge is 0.491 e. The number of carbonyl (C=O) groups is 1. The third-order valence-corrected chi connectivity index (χ3v) is 7.04. The van der Waals surface area contributed by atoms with Gasteiger partial charge in [-0.25, -0.2) is 8.42 Å². The maximum atomic E-state index is 12.6. The molecule has 1 amide bonds. The number of thiophene rings is 1. The molecule has 1 heterocycles. The highest BCUT2D eigenvalue weighted by Gasteiger charge is 2.16. The zero-order chi connectivity index (χ0) is 21.7. The Kier molecular flexibility index (Phi) is 6.79. The summed E-state index contributed by atoms with van der Waals surface area (Å²) < 4.78 is 32.9. The predicted octanol–water partition coefficient (Wildman–Crippen LogP) is 4.83. The first-order valence-electron chi connectivity index (χ1n) is 9.48. The van der Waals surface area contributed by atoms with Crippen LogP contribution in [-0.2, 0) is 10.0 Å². The Morgan fingerprint density at radius 1 is 0.967 bits per heavy atom. The smallest absolute Gasteiger partial charge is 0.271 e. The molecule has 2 aromatic carbocycles. The lowest BCUT2D eigenvalue weighted by Crippen LogP contribution is -2.26. The average Bonchev–Trinajstić information content (AvgIpc) is 3.24. The van der Waals surface area contributed by atoms with E-state index in [4.69, 9.17) is 4.74 Å². The van der Waals surface area contributed by atoms with Crippen LogP contribution in [-0.4, -0.2) is 20.4 Å². The van der Waals surface area contributed by atoms with Gasteiger partial charge in [0, 0.05) is 11.3 Å². The highest BCUT2D eigenvalue weighted by molar-refractivity contribution is 7.94. The van der Waals surface area contributed by atoms with E-state index in [2.05, 4.69) is 10.0 Å². The summed E-state index contributed by atoms with van der Waals surface area (Å²) in [5.41, 5.74) is 1.80. The Hall–Kier alpha value is -2.84. The summed E-state index contributed by atoms with van der Waals surface area (Å²) in [5.74, 6) is 0.547. The molecule has 8 heteroatoms. The molecule has 3 rings (SSSR count). The van der Waals surface area contributed by atoms with Gasteiger partial charge in [0.05, 0.1) is 12.1 Å². The first kappa shape index (κ1) is 21.9. The van der Waals surface area contributed by atoms with Crippen molar-refractivity contribution in [2.75, 3.05) is 4.72 Å². The van der Waals surface area contributed by atoms with E-state index in [0.717, 1.165) is 22.6 Å². The standard InChI is InChI=1S/C22H24N2O4S2/c1-15(2)28-20-12-8-17(9-13-20)16(3)23-22(25)18-6-10-19(11-7-18)24-30(26,27)21-5-4-14-29-21/h4-16,24H,1-3H3,(H,23,25). The highest BCUT2D eigenvalue weighted by atomic mass is 32.2. The van der Waals surface area contributed by atoms with Crippen molar-refractivity contribution < 1.29 is 17.9 Å². The van der Waals surface area contributed by atoms with Crippen LogP contribution >= 0.6 is 11.3 Å². The summed E-state index contributed by atoms with van der Waals surface area (Å²) in [4.78, 5) is 12.6. The van der Waals surface area contributed by atoms with Crippen LogP contribution in [0.25, 0.3) is 0 Å². The van der Waals surface area contributed by atoms with Crippen molar-refractivity contribution in [1.29, 1.82) is 0 Å². The molecule has 0 spiro atoms. The Labute approximate surface area is 181 Å². The minimum absolute atomic E-state index is 0.103. The van der Waals surface area contributed by atoms with Gasteiger partial charge in [0.15, 0.2) is 0 Å². The van der Waals surface area contributed by atoms with Crippen molar-refractivity contribution in [3.63, 3.8) is 0 Å². The molecule has 0 aliphatic heterocycles. The molecule has 0 fully saturated rings. The van der Waals surface area contributed by atoms with Gasteiger partial charge in [-0.3, -0.25) is 9.52 Å². The highest BCUT2D eigenvalue weighted by Crippen LogP contribution is 2.21. The van der Waals surface area contributed by atoms with E-state index in [1.807, 2.05) is 45.0 Å². The molecule has 0 saturated carbocycles. The van der Waals surface area contributed by atoms with Gasteiger partial charge in [-0.05, 0) is 74.2 Å². The molecule has 30 heavy (non-hydrogen) atoms. The van der Waals surface area contributed by atoms with E-state index in [-0.39, 0.29) is 22.3 Å². The number of hydrogen-bond acceptors (Lipinski definition) is 5. The fourth-order valence-electron chi connectivity index (χ4n) is 2.78. The van der Waals surface area contributed by atoms with Crippen molar-refractivity contribution in [2.45, 2.75) is 37.1 Å². The lowest BCUT2D eigenvalue weighted by Gasteiger charge is -2.16. The molecule has 1 unspecified atom stereocenters. The van der Waals surface area contributed by atoms with E-state index in [0.29, 0.717) is 11.3 Å². The number of carbonyl (C=O) groups excluding carboxylic acids is 1. The van der Waals surface area contributed by atoms with Crippen LogP contribution in [0.15, 0.2) is 70.3 Å². The second-order valence-corrected chi connectivity index (χ2v) is 9.90. The maximum absolute atomic E-state index is 12.6. The van der Waals surface area contributed by atoms with Gasteiger partial charge in [-0.15, -0.1) is 11.3 Å². The second kappa shape index (κ2) is 9.32. The monoisotopic (exact) mass is 444 g/mol. The zero-order valence-electron chi connectivity index (χ0n) is 17.0. The lowest BCUT2D eigenvalue weighted by atomic mass is 10.1. The van der Waals surface area contributed by atoms with Crippen LogP contribution in [0.1, 0.15) is 42.7 Å². The normalized spacial score (nSPS) is 12.4. The van der Waals surface area contributed by atoms with E-state index in [9.17, 15) is 13.2 Å². The number of hydrogen-bond donors (Lipinski definition) is 2. The summed E-state index contributed by atoms with van der Waals surface area (Å²) >= 11 is 1.14. The van der Waals surface area contributed by atoms with Crippen LogP contribution in [0, 0.1) is 0 Å². The number of ether oxygens (including phenoxy) is 1. The third-order valence-electron chi connectivity index (χ3n) is 4.26. The van der Waals surface area contributed by atoms with E-state index in [1.165, 1.54) is 6.07 Å². The predicted molar refractivity (Wildman–Crippen MR) is 120 cm³/mol. The number of anilines is 1. The lowest BCUT2D eigenvalue weighted by molar-refractivity contribution is 0.0940. The molecular formula is C22H24N2O4S2. The topological polar surface area (TPSA) is 84.5 Å². The summed E-state index contributed by atoms with van der Waals surface area (Å²) in [6, 6.07) is 17.0. The SMILES string of the molecule is CC(C)Oc1ccc(C(C)NC(=O)c2ccc(NS(=O)(=O)c3cccs3)cc2)cc1. The number of amides is 1. The molecular weight excluding hydrogens is 420 g/mol. The quantitative estimate of drug-likeness (QED) is 0.521. The summed E-state index contributed by atoms with van der Waals surface area (Å²) in [7, 11) is -3.61. The van der Waals surface area contributed by atoms with Gasteiger partial charge < -0.3 is 10.1 Å². The van der Waals surface area contributed by atoms with Gasteiger partial charge in [-0.2, -0.15) is 0 Å². The van der Waals surface area contributed by atoms with Crippen LogP contribution < -0.4 is 14.8 Å². The minimum Gasteiger partial charge on any atom is -0.491 e. The van der Waals surface area contributed by atoms with Crippen LogP contribution in [0.4, 0.5) is 5.69 Å². The first-order valence-corrected chi connectivity index (χ1v) is 11.8.